The molecule has 0 saturated heterocycles. The Hall–Kier alpha value is -1.41. The molecule has 6 nitrogen and oxygen atoms in total. The standard InChI is InChI=1S/C9H9N3O3S/c10-6-9(16-14)8(11-15-12(9)13)7-4-2-1-3-5-7/h1-6,10,13-14H. The zero-order chi connectivity index (χ0) is 11.6. The quantitative estimate of drug-likeness (QED) is 0.550. The fourth-order valence-corrected chi connectivity index (χ4v) is 1.78. The van der Waals surface area contributed by atoms with Crippen LogP contribution in [0.4, 0.5) is 0 Å². The lowest BCUT2D eigenvalue weighted by molar-refractivity contribution is -0.335. The monoisotopic (exact) mass is 239 g/mol. The van der Waals surface area contributed by atoms with E-state index in [0.29, 0.717) is 10.8 Å². The molecular weight excluding hydrogens is 230 g/mol. The first kappa shape index (κ1) is 11.1. The lowest BCUT2D eigenvalue weighted by atomic mass is 10.0. The van der Waals surface area contributed by atoms with Gasteiger partial charge in [-0.2, -0.15) is 0 Å². The topological polar surface area (TPSA) is 89.1 Å². The highest BCUT2D eigenvalue weighted by Gasteiger charge is 2.49. The maximum Gasteiger partial charge on any atom is 0.237 e. The van der Waals surface area contributed by atoms with Crippen LogP contribution in [0.1, 0.15) is 5.56 Å². The average molecular weight is 239 g/mol. The molecule has 0 spiro atoms. The Bertz CT molecular complexity index is 425. The molecule has 0 bridgehead atoms. The predicted molar refractivity (Wildman–Crippen MR) is 59.4 cm³/mol. The molecule has 84 valence electrons. The molecule has 1 aromatic carbocycles. The lowest BCUT2D eigenvalue weighted by Gasteiger charge is -2.23. The van der Waals surface area contributed by atoms with Gasteiger partial charge in [-0.1, -0.05) is 35.5 Å². The van der Waals surface area contributed by atoms with Crippen molar-refractivity contribution >= 4 is 24.0 Å². The Morgan fingerprint density at radius 1 is 1.44 bits per heavy atom. The maximum absolute atomic E-state index is 9.44. The average Bonchev–Trinajstić information content (AvgIpc) is 2.68. The van der Waals surface area contributed by atoms with Crippen molar-refractivity contribution in [3.8, 4) is 0 Å². The molecule has 1 aliphatic rings. The van der Waals surface area contributed by atoms with E-state index in [2.05, 4.69) is 10.1 Å². The second-order valence-electron chi connectivity index (χ2n) is 3.09. The third kappa shape index (κ3) is 1.50. The van der Waals surface area contributed by atoms with Crippen LogP contribution in [-0.4, -0.2) is 31.8 Å². The minimum Gasteiger partial charge on any atom is -0.328 e. The molecule has 1 unspecified atom stereocenters. The fraction of sp³-hybridized carbons (Fsp3) is 0.111. The van der Waals surface area contributed by atoms with E-state index in [4.69, 9.17) is 5.41 Å². The molecule has 7 heteroatoms. The summed E-state index contributed by atoms with van der Waals surface area (Å²) in [6, 6.07) is 8.89. The van der Waals surface area contributed by atoms with E-state index < -0.39 is 4.87 Å². The van der Waals surface area contributed by atoms with Gasteiger partial charge in [0.25, 0.3) is 0 Å². The number of hydrogen-bond acceptors (Lipinski definition) is 7. The zero-order valence-electron chi connectivity index (χ0n) is 8.07. The van der Waals surface area contributed by atoms with Crippen molar-refractivity contribution in [2.75, 3.05) is 0 Å². The van der Waals surface area contributed by atoms with Gasteiger partial charge in [0.1, 0.15) is 5.71 Å². The molecule has 1 heterocycles. The lowest BCUT2D eigenvalue weighted by Crippen LogP contribution is -2.46. The van der Waals surface area contributed by atoms with Crippen LogP contribution in [0.15, 0.2) is 35.5 Å². The van der Waals surface area contributed by atoms with Crippen LogP contribution >= 0.6 is 12.0 Å². The third-order valence-corrected chi connectivity index (χ3v) is 2.96. The number of hydrogen-bond donors (Lipinski definition) is 3. The smallest absolute Gasteiger partial charge is 0.237 e. The summed E-state index contributed by atoms with van der Waals surface area (Å²) in [5.41, 5.74) is 0.919. The van der Waals surface area contributed by atoms with Crippen molar-refractivity contribution in [2.45, 2.75) is 4.87 Å². The van der Waals surface area contributed by atoms with Gasteiger partial charge in [-0.25, -0.2) is 0 Å². The van der Waals surface area contributed by atoms with Crippen LogP contribution < -0.4 is 0 Å². The van der Waals surface area contributed by atoms with E-state index in [1.807, 2.05) is 6.07 Å². The van der Waals surface area contributed by atoms with E-state index in [1.165, 1.54) is 0 Å². The summed E-state index contributed by atoms with van der Waals surface area (Å²) in [5.74, 6) is 0. The van der Waals surface area contributed by atoms with Crippen molar-refractivity contribution < 1.29 is 14.7 Å². The zero-order valence-corrected chi connectivity index (χ0v) is 8.89. The van der Waals surface area contributed by atoms with Gasteiger partial charge in [0.2, 0.25) is 4.87 Å². The number of benzene rings is 1. The molecule has 3 N–H and O–H groups in total. The molecule has 1 aliphatic heterocycles. The summed E-state index contributed by atoms with van der Waals surface area (Å²) in [4.78, 5) is 3.05. The van der Waals surface area contributed by atoms with Gasteiger partial charge in [0.15, 0.2) is 0 Å². The van der Waals surface area contributed by atoms with E-state index in [-0.39, 0.29) is 17.8 Å². The first-order valence-corrected chi connectivity index (χ1v) is 5.16. The maximum atomic E-state index is 9.44. The highest BCUT2D eigenvalue weighted by atomic mass is 32.2. The third-order valence-electron chi connectivity index (χ3n) is 2.21. The van der Waals surface area contributed by atoms with Crippen LogP contribution in [0, 0.1) is 5.41 Å². The summed E-state index contributed by atoms with van der Waals surface area (Å²) in [6.45, 7) is 0. The van der Waals surface area contributed by atoms with Gasteiger partial charge in [-0.3, -0.25) is 10.1 Å². The Kier molecular flexibility index (Phi) is 2.92. The van der Waals surface area contributed by atoms with Crippen LogP contribution in [0.2, 0.25) is 0 Å². The SMILES string of the molecule is N=CC1(SO)C(c2ccccc2)=NON1O. The number of hydroxylamine groups is 2. The first-order valence-electron chi connectivity index (χ1n) is 4.39. The van der Waals surface area contributed by atoms with Crippen LogP contribution in [0.3, 0.4) is 0 Å². The van der Waals surface area contributed by atoms with Gasteiger partial charge in [-0.15, -0.1) is 0 Å². The Morgan fingerprint density at radius 2 is 2.12 bits per heavy atom. The molecule has 1 atom stereocenters. The molecule has 0 aliphatic carbocycles. The van der Waals surface area contributed by atoms with Crippen LogP contribution in [-0.2, 0) is 4.94 Å². The van der Waals surface area contributed by atoms with Crippen molar-refractivity contribution in [2.24, 2.45) is 5.16 Å². The Morgan fingerprint density at radius 3 is 2.69 bits per heavy atom. The molecule has 0 amide bonds. The number of nitrogens with zero attached hydrogens (tertiary/aromatic N) is 2. The molecule has 16 heavy (non-hydrogen) atoms. The summed E-state index contributed by atoms with van der Waals surface area (Å²) < 4.78 is 9.22. The fourth-order valence-electron chi connectivity index (χ4n) is 1.38. The Balaban J connectivity index is 2.46. The van der Waals surface area contributed by atoms with E-state index >= 15 is 0 Å². The largest absolute Gasteiger partial charge is 0.328 e. The minimum absolute atomic E-state index is 0.262. The predicted octanol–water partition coefficient (Wildman–Crippen LogP) is 1.58. The van der Waals surface area contributed by atoms with Gasteiger partial charge >= 0.3 is 0 Å². The van der Waals surface area contributed by atoms with Crippen molar-refractivity contribution in [1.29, 1.82) is 5.41 Å². The second kappa shape index (κ2) is 4.22. The summed E-state index contributed by atoms with van der Waals surface area (Å²) in [5, 5.41) is 20.7. The van der Waals surface area contributed by atoms with E-state index in [0.717, 1.165) is 6.21 Å². The van der Waals surface area contributed by atoms with E-state index in [1.54, 1.807) is 24.3 Å². The summed E-state index contributed by atoms with van der Waals surface area (Å²) in [6.07, 6.45) is 0.858. The van der Waals surface area contributed by atoms with Crippen molar-refractivity contribution in [3.63, 3.8) is 0 Å². The first-order chi connectivity index (χ1) is 7.74. The number of oxime groups is 1. The minimum atomic E-state index is -1.51. The number of nitrogens with one attached hydrogen (secondary N) is 1. The van der Waals surface area contributed by atoms with Gasteiger partial charge in [0.05, 0.1) is 0 Å². The highest BCUT2D eigenvalue weighted by molar-refractivity contribution is 7.96. The van der Waals surface area contributed by atoms with Gasteiger partial charge in [-0.05, 0) is 0 Å². The normalized spacial score (nSPS) is 25.0. The van der Waals surface area contributed by atoms with Crippen molar-refractivity contribution in [1.82, 2.24) is 5.23 Å². The van der Waals surface area contributed by atoms with Crippen molar-refractivity contribution in [3.05, 3.63) is 35.9 Å². The molecule has 1 aromatic rings. The molecule has 0 saturated carbocycles. The second-order valence-corrected chi connectivity index (χ2v) is 3.90. The molecule has 2 rings (SSSR count). The van der Waals surface area contributed by atoms with Gasteiger partial charge in [0, 0.05) is 29.0 Å². The molecule has 0 fully saturated rings. The summed E-state index contributed by atoms with van der Waals surface area (Å²) >= 11 is 0.268. The summed E-state index contributed by atoms with van der Waals surface area (Å²) in [7, 11) is 0. The molecule has 0 aromatic heterocycles. The van der Waals surface area contributed by atoms with Crippen LogP contribution in [0.25, 0.3) is 0 Å². The number of rotatable bonds is 3. The Labute approximate surface area is 95.8 Å². The van der Waals surface area contributed by atoms with Crippen LogP contribution in [0.5, 0.6) is 0 Å². The van der Waals surface area contributed by atoms with Gasteiger partial charge < -0.3 is 9.96 Å². The van der Waals surface area contributed by atoms with E-state index in [9.17, 15) is 9.76 Å². The highest BCUT2D eigenvalue weighted by Crippen LogP contribution is 2.33. The molecular formula is C9H9N3O3S. The molecule has 0 radical (unpaired) electrons.